The van der Waals surface area contributed by atoms with E-state index in [0.29, 0.717) is 15.7 Å². The molecule has 4 rings (SSSR count). The van der Waals surface area contributed by atoms with Gasteiger partial charge in [-0.1, -0.05) is 0 Å². The summed E-state index contributed by atoms with van der Waals surface area (Å²) in [6, 6.07) is 8.07. The second-order valence-corrected chi connectivity index (χ2v) is 8.41. The Labute approximate surface area is 169 Å². The summed E-state index contributed by atoms with van der Waals surface area (Å²) in [4.78, 5) is 16.0. The Morgan fingerprint density at radius 3 is 2.66 bits per heavy atom. The van der Waals surface area contributed by atoms with Gasteiger partial charge in [-0.05, 0) is 30.7 Å². The highest BCUT2D eigenvalue weighted by atomic mass is 16.5. The van der Waals surface area contributed by atoms with Crippen molar-refractivity contribution < 1.29 is 9.22 Å². The highest BCUT2D eigenvalue weighted by Crippen LogP contribution is 2.46. The molecule has 0 aliphatic rings. The summed E-state index contributed by atoms with van der Waals surface area (Å²) < 4.78 is 6.42. The molecule has 0 saturated heterocycles. The Morgan fingerprint density at radius 2 is 2.00 bits per heavy atom. The molecule has 3 heterocycles. The van der Waals surface area contributed by atoms with Gasteiger partial charge in [-0.3, -0.25) is 0 Å². The quantitative estimate of drug-likeness (QED) is 0.522. The van der Waals surface area contributed by atoms with Crippen LogP contribution in [-0.2, 0) is 5.54 Å². The van der Waals surface area contributed by atoms with Crippen LogP contribution >= 0.6 is 0 Å². The number of quaternary nitrogens is 1. The molecule has 2 N–H and O–H groups in total. The molecular formula is C22H25N6O+. The van der Waals surface area contributed by atoms with E-state index in [-0.39, 0.29) is 0 Å². The van der Waals surface area contributed by atoms with Crippen molar-refractivity contribution in [1.29, 1.82) is 5.26 Å². The molecule has 0 bridgehead atoms. The van der Waals surface area contributed by atoms with E-state index in [4.69, 9.17) is 9.72 Å². The topological polar surface area (TPSA) is 90.4 Å². The minimum absolute atomic E-state index is 0.501. The number of benzene rings is 1. The summed E-state index contributed by atoms with van der Waals surface area (Å²) >= 11 is 0. The summed E-state index contributed by atoms with van der Waals surface area (Å²) in [5, 5.41) is 10.3. The normalized spacial score (nSPS) is 14.1. The van der Waals surface area contributed by atoms with Gasteiger partial charge < -0.3 is 19.2 Å². The van der Waals surface area contributed by atoms with Gasteiger partial charge in [0.15, 0.2) is 17.0 Å². The highest BCUT2D eigenvalue weighted by Gasteiger charge is 2.48. The van der Waals surface area contributed by atoms with Crippen molar-refractivity contribution in [2.75, 3.05) is 28.3 Å². The van der Waals surface area contributed by atoms with E-state index >= 15 is 0 Å². The fraction of sp³-hybridized carbons (Fsp3) is 0.318. The Hall–Kier alpha value is -3.37. The minimum atomic E-state index is -0.576. The number of rotatable bonds is 4. The monoisotopic (exact) mass is 389 g/mol. The number of nitriles is 1. The molecule has 1 atom stereocenters. The zero-order valence-corrected chi connectivity index (χ0v) is 17.6. The van der Waals surface area contributed by atoms with E-state index in [1.54, 1.807) is 19.4 Å². The van der Waals surface area contributed by atoms with Crippen LogP contribution in [0.5, 0.6) is 5.75 Å². The van der Waals surface area contributed by atoms with Gasteiger partial charge in [0.1, 0.15) is 11.8 Å². The molecule has 4 aromatic rings. The first kappa shape index (κ1) is 19.0. The number of H-pyrrole nitrogens is 2. The third-order valence-electron chi connectivity index (χ3n) is 5.98. The van der Waals surface area contributed by atoms with Gasteiger partial charge in [0.2, 0.25) is 0 Å². The summed E-state index contributed by atoms with van der Waals surface area (Å²) in [6.45, 7) is 4.23. The van der Waals surface area contributed by atoms with E-state index in [9.17, 15) is 5.26 Å². The van der Waals surface area contributed by atoms with Crippen molar-refractivity contribution in [2.45, 2.75) is 19.4 Å². The molecule has 7 heteroatoms. The number of nitrogens with one attached hydrogen (secondary N) is 2. The number of imidazole rings is 1. The molecule has 148 valence electrons. The van der Waals surface area contributed by atoms with Gasteiger partial charge in [0.25, 0.3) is 0 Å². The fourth-order valence-electron chi connectivity index (χ4n) is 4.00. The van der Waals surface area contributed by atoms with Crippen LogP contribution in [0.2, 0.25) is 0 Å². The molecule has 0 amide bonds. The van der Waals surface area contributed by atoms with Gasteiger partial charge in [-0.2, -0.15) is 5.26 Å². The summed E-state index contributed by atoms with van der Waals surface area (Å²) in [6.07, 6.45) is 3.50. The Kier molecular flexibility index (Phi) is 4.14. The van der Waals surface area contributed by atoms with Crippen molar-refractivity contribution in [1.82, 2.24) is 19.9 Å². The van der Waals surface area contributed by atoms with Crippen molar-refractivity contribution >= 4 is 22.1 Å². The number of fused-ring (bicyclic) bond motifs is 2. The van der Waals surface area contributed by atoms with Gasteiger partial charge >= 0.3 is 0 Å². The van der Waals surface area contributed by atoms with Crippen LogP contribution < -0.4 is 4.74 Å². The lowest BCUT2D eigenvalue weighted by Gasteiger charge is -2.43. The second kappa shape index (κ2) is 6.33. The predicted molar refractivity (Wildman–Crippen MR) is 113 cm³/mol. The van der Waals surface area contributed by atoms with Crippen LogP contribution in [0.25, 0.3) is 22.1 Å². The highest BCUT2D eigenvalue weighted by molar-refractivity contribution is 5.89. The number of methoxy groups -OCH3 is 1. The largest absolute Gasteiger partial charge is 0.496 e. The lowest BCUT2D eigenvalue weighted by atomic mass is 9.84. The predicted octanol–water partition coefficient (Wildman–Crippen LogP) is 3.60. The maximum atomic E-state index is 9.21. The molecular weight excluding hydrogens is 364 g/mol. The third-order valence-corrected chi connectivity index (χ3v) is 5.98. The number of nitrogens with zero attached hydrogens (tertiary/aromatic N) is 4. The molecule has 1 aromatic carbocycles. The third kappa shape index (κ3) is 2.68. The van der Waals surface area contributed by atoms with E-state index in [2.05, 4.69) is 68.1 Å². The van der Waals surface area contributed by atoms with Crippen molar-refractivity contribution in [3.63, 3.8) is 0 Å². The van der Waals surface area contributed by atoms with E-state index in [0.717, 1.165) is 39.1 Å². The number of aromatic amines is 2. The number of pyridine rings is 1. The van der Waals surface area contributed by atoms with Crippen molar-refractivity contribution in [3.8, 4) is 11.8 Å². The first-order valence-electron chi connectivity index (χ1n) is 9.43. The smallest absolute Gasteiger partial charge is 0.184 e. The molecule has 0 saturated carbocycles. The van der Waals surface area contributed by atoms with Gasteiger partial charge in [0.05, 0.1) is 44.9 Å². The second-order valence-electron chi connectivity index (χ2n) is 8.41. The lowest BCUT2D eigenvalue weighted by molar-refractivity contribution is -0.923. The Bertz CT molecular complexity index is 1270. The fourth-order valence-corrected chi connectivity index (χ4v) is 4.00. The average Bonchev–Trinajstić information content (AvgIpc) is 3.33. The molecule has 0 radical (unpaired) electrons. The van der Waals surface area contributed by atoms with Crippen LogP contribution in [0.1, 0.15) is 29.4 Å². The number of aryl methyl sites for hydroxylation is 1. The zero-order valence-electron chi connectivity index (χ0n) is 17.6. The summed E-state index contributed by atoms with van der Waals surface area (Å²) in [7, 11) is 8.11. The maximum absolute atomic E-state index is 9.21. The van der Waals surface area contributed by atoms with Crippen LogP contribution in [0, 0.1) is 18.3 Å². The molecule has 0 fully saturated rings. The van der Waals surface area contributed by atoms with Crippen LogP contribution in [0.3, 0.4) is 0 Å². The van der Waals surface area contributed by atoms with Gasteiger partial charge in [0, 0.05) is 30.2 Å². The molecule has 1 unspecified atom stereocenters. The average molecular weight is 389 g/mol. The molecule has 0 aliphatic heterocycles. The number of aromatic nitrogens is 4. The zero-order chi connectivity index (χ0) is 21.0. The van der Waals surface area contributed by atoms with Crippen molar-refractivity contribution in [2.24, 2.45) is 0 Å². The van der Waals surface area contributed by atoms with Gasteiger partial charge in [-0.25, -0.2) is 9.97 Å². The van der Waals surface area contributed by atoms with E-state index in [1.165, 1.54) is 0 Å². The van der Waals surface area contributed by atoms with E-state index in [1.807, 2.05) is 6.20 Å². The standard InChI is InChI=1S/C22H25N6O/c1-13-9-17(29-6)18(15-7-8-24-19(13)15)22(2,28(3,4)5)21-26-16-10-14(11-23)12-25-20(16)27-21/h7-10,12,24H,1-6H3,(H,25,26,27)/q+1. The maximum Gasteiger partial charge on any atom is 0.184 e. The minimum Gasteiger partial charge on any atom is -0.496 e. The summed E-state index contributed by atoms with van der Waals surface area (Å²) in [5.74, 6) is 1.59. The summed E-state index contributed by atoms with van der Waals surface area (Å²) in [5.41, 5.74) is 4.52. The van der Waals surface area contributed by atoms with Gasteiger partial charge in [-0.15, -0.1) is 0 Å². The number of hydrogen-bond acceptors (Lipinski definition) is 4. The molecule has 0 spiro atoms. The number of hydrogen-bond donors (Lipinski definition) is 2. The SMILES string of the molecule is COc1cc(C)c2[nH]ccc2c1C(C)(c1nc2ncc(C#N)cc2[nH]1)[N+](C)(C)C. The van der Waals surface area contributed by atoms with Crippen LogP contribution in [0.4, 0.5) is 0 Å². The first-order valence-corrected chi connectivity index (χ1v) is 9.43. The molecule has 29 heavy (non-hydrogen) atoms. The molecule has 7 nitrogen and oxygen atoms in total. The molecule has 3 aromatic heterocycles. The number of ether oxygens (including phenoxy) is 1. The molecule has 0 aliphatic carbocycles. The Morgan fingerprint density at radius 1 is 1.24 bits per heavy atom. The Balaban J connectivity index is 2.09. The van der Waals surface area contributed by atoms with Crippen LogP contribution in [-0.4, -0.2) is 52.7 Å². The van der Waals surface area contributed by atoms with Crippen LogP contribution in [0.15, 0.2) is 30.6 Å². The van der Waals surface area contributed by atoms with Crippen molar-refractivity contribution in [3.05, 3.63) is 53.1 Å². The lowest BCUT2D eigenvalue weighted by Crippen LogP contribution is -2.54. The van der Waals surface area contributed by atoms with E-state index < -0.39 is 5.54 Å². The first-order chi connectivity index (χ1) is 13.7.